The van der Waals surface area contributed by atoms with Gasteiger partial charge < -0.3 is 15.1 Å². The largest absolute Gasteiger partial charge is 0.467 e. The van der Waals surface area contributed by atoms with Crippen LogP contribution in [0.2, 0.25) is 0 Å². The monoisotopic (exact) mass is 506 g/mol. The van der Waals surface area contributed by atoms with Crippen LogP contribution in [0.15, 0.2) is 69.6 Å². The number of thioether (sulfide) groups is 1. The molecule has 3 heterocycles. The number of anilines is 1. The molecule has 0 spiro atoms. The summed E-state index contributed by atoms with van der Waals surface area (Å²) in [5, 5.41) is 14.1. The predicted octanol–water partition coefficient (Wildman–Crippen LogP) is 4.81. The van der Waals surface area contributed by atoms with E-state index in [1.165, 1.54) is 0 Å². The van der Waals surface area contributed by atoms with E-state index in [9.17, 15) is 9.59 Å². The van der Waals surface area contributed by atoms with Crippen LogP contribution in [0.25, 0.3) is 21.3 Å². The van der Waals surface area contributed by atoms with Crippen molar-refractivity contribution in [1.82, 2.24) is 25.3 Å². The van der Waals surface area contributed by atoms with Crippen molar-refractivity contribution in [3.63, 3.8) is 0 Å². The number of aromatic nitrogens is 4. The zero-order valence-electron chi connectivity index (χ0n) is 18.6. The van der Waals surface area contributed by atoms with E-state index in [1.54, 1.807) is 41.5 Å². The average molecular weight is 507 g/mol. The second kappa shape index (κ2) is 10.7. The fourth-order valence-electron chi connectivity index (χ4n) is 3.49. The van der Waals surface area contributed by atoms with E-state index in [-0.39, 0.29) is 24.7 Å². The molecule has 11 heteroatoms. The van der Waals surface area contributed by atoms with E-state index in [4.69, 9.17) is 4.42 Å². The number of nitrogens with zero attached hydrogens (tertiary/aromatic N) is 4. The van der Waals surface area contributed by atoms with Gasteiger partial charge in [-0.15, -0.1) is 16.4 Å². The number of rotatable bonds is 10. The Morgan fingerprint density at radius 1 is 1.03 bits per heavy atom. The molecule has 5 rings (SSSR count). The number of benzene rings is 2. The summed E-state index contributed by atoms with van der Waals surface area (Å²) in [5.41, 5.74) is 3.45. The van der Waals surface area contributed by atoms with Gasteiger partial charge in [0.25, 0.3) is 0 Å². The quantitative estimate of drug-likeness (QED) is 0.261. The Morgan fingerprint density at radius 2 is 1.91 bits per heavy atom. The van der Waals surface area contributed by atoms with E-state index in [0.717, 1.165) is 25.6 Å². The van der Waals surface area contributed by atoms with E-state index in [0.29, 0.717) is 30.3 Å². The molecule has 5 aromatic rings. The Kier molecular flexibility index (Phi) is 7.05. The lowest BCUT2D eigenvalue weighted by molar-refractivity contribution is -0.121. The van der Waals surface area contributed by atoms with Crippen molar-refractivity contribution in [3.05, 3.63) is 66.6 Å². The van der Waals surface area contributed by atoms with Gasteiger partial charge >= 0.3 is 0 Å². The highest BCUT2D eigenvalue weighted by Crippen LogP contribution is 2.32. The van der Waals surface area contributed by atoms with Gasteiger partial charge in [0.1, 0.15) is 11.3 Å². The summed E-state index contributed by atoms with van der Waals surface area (Å²) in [6, 6.07) is 17.1. The number of para-hydroxylation sites is 1. The van der Waals surface area contributed by atoms with Crippen LogP contribution in [-0.4, -0.2) is 31.8 Å². The first-order valence-corrected chi connectivity index (χ1v) is 12.8. The topological polar surface area (TPSA) is 115 Å². The second-order valence-corrected chi connectivity index (χ2v) is 9.99. The van der Waals surface area contributed by atoms with Crippen LogP contribution in [0.4, 0.5) is 5.69 Å². The zero-order valence-corrected chi connectivity index (χ0v) is 20.3. The third kappa shape index (κ3) is 5.87. The first-order chi connectivity index (χ1) is 17.1. The van der Waals surface area contributed by atoms with Gasteiger partial charge in [0.15, 0.2) is 4.34 Å². The highest BCUT2D eigenvalue weighted by molar-refractivity contribution is 8.00. The molecule has 2 N–H and O–H groups in total. The van der Waals surface area contributed by atoms with Crippen molar-refractivity contribution >= 4 is 61.9 Å². The third-order valence-corrected chi connectivity index (χ3v) is 7.36. The summed E-state index contributed by atoms with van der Waals surface area (Å²) in [6.45, 7) is 0.350. The maximum Gasteiger partial charge on any atom is 0.224 e. The molecule has 0 bridgehead atoms. The predicted molar refractivity (Wildman–Crippen MR) is 136 cm³/mol. The van der Waals surface area contributed by atoms with Crippen molar-refractivity contribution in [1.29, 1.82) is 0 Å². The summed E-state index contributed by atoms with van der Waals surface area (Å²) in [4.78, 5) is 28.9. The number of furan rings is 1. The molecule has 0 atom stereocenters. The Hall–Kier alpha value is -3.70. The molecular weight excluding hydrogens is 484 g/mol. The van der Waals surface area contributed by atoms with Gasteiger partial charge in [0.2, 0.25) is 11.8 Å². The number of carbonyl (C=O) groups is 2. The van der Waals surface area contributed by atoms with Crippen LogP contribution in [0, 0.1) is 0 Å². The van der Waals surface area contributed by atoms with Crippen LogP contribution < -0.4 is 10.6 Å². The summed E-state index contributed by atoms with van der Waals surface area (Å²) in [7, 11) is 0. The molecule has 3 aromatic heterocycles. The standard InChI is InChI=1S/C24H22N6O3S2/c31-22(25-14-17-5-4-12-33-17)8-3-9-23(32)26-16-10-11-19-21(13-16)35-24(27-19)34-15-30-20-7-2-1-6-18(20)28-29-30/h1-2,4-7,10-13H,3,8-9,14-15H2,(H,25,31)(H,26,32). The Labute approximate surface area is 208 Å². The highest BCUT2D eigenvalue weighted by atomic mass is 32.2. The van der Waals surface area contributed by atoms with Crippen LogP contribution in [0.5, 0.6) is 0 Å². The lowest BCUT2D eigenvalue weighted by Gasteiger charge is -2.06. The molecule has 2 aromatic carbocycles. The minimum atomic E-state index is -0.125. The molecule has 0 fully saturated rings. The minimum Gasteiger partial charge on any atom is -0.467 e. The van der Waals surface area contributed by atoms with E-state index < -0.39 is 0 Å². The van der Waals surface area contributed by atoms with Crippen LogP contribution in [-0.2, 0) is 22.0 Å². The molecule has 0 aliphatic rings. The first kappa shape index (κ1) is 23.1. The summed E-state index contributed by atoms with van der Waals surface area (Å²) >= 11 is 3.16. The lowest BCUT2D eigenvalue weighted by atomic mass is 10.2. The molecule has 35 heavy (non-hydrogen) atoms. The number of amides is 2. The molecule has 178 valence electrons. The van der Waals surface area contributed by atoms with E-state index in [2.05, 4.69) is 25.9 Å². The number of hydrogen-bond acceptors (Lipinski definition) is 8. The Morgan fingerprint density at radius 3 is 2.80 bits per heavy atom. The summed E-state index contributed by atoms with van der Waals surface area (Å²) in [5.74, 6) is 1.08. The van der Waals surface area contributed by atoms with Crippen molar-refractivity contribution in [2.75, 3.05) is 5.32 Å². The fraction of sp³-hybridized carbons (Fsp3) is 0.208. The Bertz CT molecular complexity index is 1460. The smallest absolute Gasteiger partial charge is 0.224 e. The summed E-state index contributed by atoms with van der Waals surface area (Å²) < 4.78 is 8.95. The van der Waals surface area contributed by atoms with Gasteiger partial charge in [-0.2, -0.15) is 0 Å². The Balaban J connectivity index is 1.10. The normalized spacial score (nSPS) is 11.2. The lowest BCUT2D eigenvalue weighted by Crippen LogP contribution is -2.22. The van der Waals surface area contributed by atoms with Crippen molar-refractivity contribution < 1.29 is 14.0 Å². The third-order valence-electron chi connectivity index (χ3n) is 5.23. The molecule has 0 aliphatic heterocycles. The van der Waals surface area contributed by atoms with Gasteiger partial charge in [-0.1, -0.05) is 29.1 Å². The van der Waals surface area contributed by atoms with Gasteiger partial charge in [0, 0.05) is 18.5 Å². The van der Waals surface area contributed by atoms with E-state index in [1.807, 2.05) is 47.1 Å². The van der Waals surface area contributed by atoms with Gasteiger partial charge in [-0.25, -0.2) is 9.67 Å². The van der Waals surface area contributed by atoms with Crippen molar-refractivity contribution in [2.24, 2.45) is 0 Å². The van der Waals surface area contributed by atoms with Gasteiger partial charge in [-0.05, 0) is 48.9 Å². The zero-order chi connectivity index (χ0) is 24.0. The number of nitrogens with one attached hydrogen (secondary N) is 2. The fourth-order valence-corrected chi connectivity index (χ4v) is 5.48. The molecule has 2 amide bonds. The van der Waals surface area contributed by atoms with Crippen molar-refractivity contribution in [2.45, 2.75) is 36.0 Å². The number of carbonyl (C=O) groups excluding carboxylic acids is 2. The molecule has 9 nitrogen and oxygen atoms in total. The molecule has 0 unspecified atom stereocenters. The first-order valence-electron chi connectivity index (χ1n) is 11.0. The van der Waals surface area contributed by atoms with Crippen LogP contribution in [0.1, 0.15) is 25.0 Å². The summed E-state index contributed by atoms with van der Waals surface area (Å²) in [6.07, 6.45) is 2.58. The maximum atomic E-state index is 12.3. The number of fused-ring (bicyclic) bond motifs is 2. The minimum absolute atomic E-state index is 0.107. The van der Waals surface area contributed by atoms with Crippen LogP contribution in [0.3, 0.4) is 0 Å². The second-order valence-electron chi connectivity index (χ2n) is 7.77. The number of hydrogen-bond donors (Lipinski definition) is 2. The van der Waals surface area contributed by atoms with E-state index >= 15 is 0 Å². The molecular formula is C24H22N6O3S2. The molecule has 0 saturated heterocycles. The van der Waals surface area contributed by atoms with Crippen molar-refractivity contribution in [3.8, 4) is 0 Å². The van der Waals surface area contributed by atoms with Gasteiger partial charge in [-0.3, -0.25) is 9.59 Å². The average Bonchev–Trinajstić information content (AvgIpc) is 3.61. The molecule has 0 radical (unpaired) electrons. The van der Waals surface area contributed by atoms with Gasteiger partial charge in [0.05, 0.1) is 34.4 Å². The van der Waals surface area contributed by atoms with Crippen LogP contribution >= 0.6 is 23.1 Å². The number of thiazole rings is 1. The molecule has 0 aliphatic carbocycles. The highest BCUT2D eigenvalue weighted by Gasteiger charge is 2.10. The maximum absolute atomic E-state index is 12.3. The SMILES string of the molecule is O=C(CCCC(=O)Nc1ccc2nc(SCn3nnc4ccccc43)sc2c1)NCc1ccco1. The molecule has 0 saturated carbocycles.